The predicted molar refractivity (Wildman–Crippen MR) is 117 cm³/mol. The van der Waals surface area contributed by atoms with Gasteiger partial charge < -0.3 is 10.2 Å². The van der Waals surface area contributed by atoms with E-state index in [0.29, 0.717) is 30.8 Å². The molecule has 1 fully saturated rings. The number of nitrogens with one attached hydrogen (secondary N) is 1. The number of anilines is 1. The molecule has 30 heavy (non-hydrogen) atoms. The van der Waals surface area contributed by atoms with Gasteiger partial charge in [0.15, 0.2) is 0 Å². The summed E-state index contributed by atoms with van der Waals surface area (Å²) in [7, 11) is 0. The Morgan fingerprint density at radius 3 is 2.40 bits per heavy atom. The lowest BCUT2D eigenvalue weighted by Crippen LogP contribution is -2.45. The molecule has 2 amide bonds. The molecule has 3 rings (SSSR count). The highest BCUT2D eigenvalue weighted by molar-refractivity contribution is 5.83. The third kappa shape index (κ3) is 4.87. The van der Waals surface area contributed by atoms with Crippen LogP contribution in [0.1, 0.15) is 49.8 Å². The fourth-order valence-corrected chi connectivity index (χ4v) is 4.34. The fourth-order valence-electron chi connectivity index (χ4n) is 4.34. The lowest BCUT2D eigenvalue weighted by molar-refractivity contribution is -0.137. The minimum atomic E-state index is -0.309. The maximum Gasteiger partial charge on any atom is 0.244 e. The molecule has 1 atom stereocenters. The Labute approximate surface area is 177 Å². The summed E-state index contributed by atoms with van der Waals surface area (Å²) in [4.78, 5) is 28.0. The van der Waals surface area contributed by atoms with E-state index in [9.17, 15) is 14.0 Å². The van der Waals surface area contributed by atoms with Crippen LogP contribution in [0.2, 0.25) is 0 Å². The molecule has 160 valence electrons. The van der Waals surface area contributed by atoms with Crippen molar-refractivity contribution in [3.8, 4) is 0 Å². The van der Waals surface area contributed by atoms with E-state index in [1.54, 1.807) is 12.1 Å². The Hall–Kier alpha value is -2.73. The van der Waals surface area contributed by atoms with Crippen LogP contribution in [0.15, 0.2) is 48.5 Å². The zero-order chi connectivity index (χ0) is 21.5. The normalized spacial score (nSPS) is 16.1. The summed E-state index contributed by atoms with van der Waals surface area (Å²) in [6.45, 7) is 6.82. The van der Waals surface area contributed by atoms with Crippen LogP contribution in [0, 0.1) is 5.82 Å². The maximum atomic E-state index is 14.6. The van der Waals surface area contributed by atoms with Gasteiger partial charge in [0.1, 0.15) is 11.9 Å². The third-order valence-corrected chi connectivity index (χ3v) is 5.98. The Kier molecular flexibility index (Phi) is 7.57. The first-order valence-electron chi connectivity index (χ1n) is 10.7. The Morgan fingerprint density at radius 2 is 1.83 bits per heavy atom. The van der Waals surface area contributed by atoms with Crippen molar-refractivity contribution in [1.82, 2.24) is 9.80 Å². The summed E-state index contributed by atoms with van der Waals surface area (Å²) < 4.78 is 14.6. The summed E-state index contributed by atoms with van der Waals surface area (Å²) in [6, 6.07) is 14.5. The van der Waals surface area contributed by atoms with E-state index in [4.69, 9.17) is 0 Å². The molecule has 5 nitrogen and oxygen atoms in total. The van der Waals surface area contributed by atoms with Gasteiger partial charge in [0.25, 0.3) is 0 Å². The first-order chi connectivity index (χ1) is 14.6. The Balaban J connectivity index is 1.76. The van der Waals surface area contributed by atoms with Gasteiger partial charge in [-0.1, -0.05) is 36.4 Å². The number of likely N-dealkylation sites (tertiary alicyclic amines) is 1. The van der Waals surface area contributed by atoms with E-state index in [1.807, 2.05) is 49.1 Å². The standard InChI is InChI=1S/C24H30FN3O2/c1-3-27(4-2)24(30)23(19-8-6-5-7-9-19)28-14-12-18(13-15-28)21-11-10-20(26-17-29)16-22(21)25/h5-11,16-18,23H,3-4,12-15H2,1-2H3,(H,26,29). The van der Waals surface area contributed by atoms with Gasteiger partial charge in [0, 0.05) is 18.8 Å². The Morgan fingerprint density at radius 1 is 1.17 bits per heavy atom. The number of rotatable bonds is 8. The number of benzene rings is 2. The second-order valence-electron chi connectivity index (χ2n) is 7.63. The van der Waals surface area contributed by atoms with Crippen LogP contribution in [-0.4, -0.2) is 48.3 Å². The van der Waals surface area contributed by atoms with Crippen LogP contribution in [0.5, 0.6) is 0 Å². The lowest BCUT2D eigenvalue weighted by atomic mass is 9.87. The molecule has 0 bridgehead atoms. The van der Waals surface area contributed by atoms with E-state index >= 15 is 0 Å². The summed E-state index contributed by atoms with van der Waals surface area (Å²) in [5, 5.41) is 2.48. The van der Waals surface area contributed by atoms with Crippen LogP contribution in [0.3, 0.4) is 0 Å². The average Bonchev–Trinajstić information content (AvgIpc) is 2.77. The molecule has 0 spiro atoms. The van der Waals surface area contributed by atoms with E-state index in [2.05, 4.69) is 10.2 Å². The van der Waals surface area contributed by atoms with Crippen molar-refractivity contribution in [3.63, 3.8) is 0 Å². The van der Waals surface area contributed by atoms with Gasteiger partial charge in [0.05, 0.1) is 0 Å². The second kappa shape index (κ2) is 10.3. The minimum Gasteiger partial charge on any atom is -0.342 e. The molecular formula is C24H30FN3O2. The lowest BCUT2D eigenvalue weighted by Gasteiger charge is -2.39. The van der Waals surface area contributed by atoms with Crippen LogP contribution in [0.4, 0.5) is 10.1 Å². The molecule has 1 aliphatic rings. The van der Waals surface area contributed by atoms with Crippen LogP contribution in [-0.2, 0) is 9.59 Å². The van der Waals surface area contributed by atoms with Crippen molar-refractivity contribution in [3.05, 3.63) is 65.5 Å². The van der Waals surface area contributed by atoms with Crippen molar-refractivity contribution in [2.75, 3.05) is 31.5 Å². The molecule has 2 aromatic rings. The van der Waals surface area contributed by atoms with Crippen LogP contribution < -0.4 is 5.32 Å². The molecule has 0 saturated carbocycles. The van der Waals surface area contributed by atoms with Gasteiger partial charge >= 0.3 is 0 Å². The van der Waals surface area contributed by atoms with Gasteiger partial charge in [-0.15, -0.1) is 0 Å². The zero-order valence-electron chi connectivity index (χ0n) is 17.7. The van der Waals surface area contributed by atoms with Crippen molar-refractivity contribution < 1.29 is 14.0 Å². The monoisotopic (exact) mass is 411 g/mol. The van der Waals surface area contributed by atoms with Crippen molar-refractivity contribution in [1.29, 1.82) is 0 Å². The van der Waals surface area contributed by atoms with E-state index in [-0.39, 0.29) is 23.7 Å². The number of piperidine rings is 1. The molecule has 1 aliphatic heterocycles. The number of hydrogen-bond acceptors (Lipinski definition) is 3. The number of likely N-dealkylation sites (N-methyl/N-ethyl adjacent to an activating group) is 1. The van der Waals surface area contributed by atoms with Crippen LogP contribution in [0.25, 0.3) is 0 Å². The third-order valence-electron chi connectivity index (χ3n) is 5.98. The number of carbonyl (C=O) groups is 2. The Bertz CT molecular complexity index is 847. The van der Waals surface area contributed by atoms with Crippen molar-refractivity contribution >= 4 is 18.0 Å². The molecule has 1 heterocycles. The number of carbonyl (C=O) groups excluding carboxylic acids is 2. The predicted octanol–water partition coefficient (Wildman–Crippen LogP) is 4.18. The number of amides is 2. The van der Waals surface area contributed by atoms with Crippen molar-refractivity contribution in [2.24, 2.45) is 0 Å². The van der Waals surface area contributed by atoms with Crippen molar-refractivity contribution in [2.45, 2.75) is 38.6 Å². The van der Waals surface area contributed by atoms with E-state index in [0.717, 1.165) is 31.5 Å². The topological polar surface area (TPSA) is 52.7 Å². The highest BCUT2D eigenvalue weighted by Gasteiger charge is 2.33. The number of hydrogen-bond donors (Lipinski definition) is 1. The van der Waals surface area contributed by atoms with Gasteiger partial charge in [0.2, 0.25) is 12.3 Å². The molecule has 1 N–H and O–H groups in total. The minimum absolute atomic E-state index is 0.103. The molecule has 2 aromatic carbocycles. The molecule has 1 unspecified atom stereocenters. The van der Waals surface area contributed by atoms with Crippen LogP contribution >= 0.6 is 0 Å². The maximum absolute atomic E-state index is 14.6. The zero-order valence-corrected chi connectivity index (χ0v) is 17.7. The highest BCUT2D eigenvalue weighted by atomic mass is 19.1. The number of halogens is 1. The molecule has 1 saturated heterocycles. The average molecular weight is 412 g/mol. The first-order valence-corrected chi connectivity index (χ1v) is 10.7. The fraction of sp³-hybridized carbons (Fsp3) is 0.417. The summed E-state index contributed by atoms with van der Waals surface area (Å²) in [6.07, 6.45) is 2.11. The van der Waals surface area contributed by atoms with E-state index in [1.165, 1.54) is 6.07 Å². The molecule has 6 heteroatoms. The quantitative estimate of drug-likeness (QED) is 0.663. The van der Waals surface area contributed by atoms with Gasteiger partial charge in [-0.2, -0.15) is 0 Å². The molecular weight excluding hydrogens is 381 g/mol. The van der Waals surface area contributed by atoms with E-state index < -0.39 is 0 Å². The smallest absolute Gasteiger partial charge is 0.244 e. The highest BCUT2D eigenvalue weighted by Crippen LogP contribution is 2.35. The van der Waals surface area contributed by atoms with Gasteiger partial charge in [-0.05, 0) is 69.0 Å². The largest absolute Gasteiger partial charge is 0.342 e. The number of nitrogens with zero attached hydrogens (tertiary/aromatic N) is 2. The summed E-state index contributed by atoms with van der Waals surface area (Å²) in [5.41, 5.74) is 2.14. The summed E-state index contributed by atoms with van der Waals surface area (Å²) in [5.74, 6) is -0.0641. The molecule has 0 aromatic heterocycles. The molecule has 0 radical (unpaired) electrons. The summed E-state index contributed by atoms with van der Waals surface area (Å²) >= 11 is 0. The molecule has 0 aliphatic carbocycles. The van der Waals surface area contributed by atoms with Gasteiger partial charge in [-0.25, -0.2) is 4.39 Å². The van der Waals surface area contributed by atoms with Gasteiger partial charge in [-0.3, -0.25) is 14.5 Å². The SMILES string of the molecule is CCN(CC)C(=O)C(c1ccccc1)N1CCC(c2ccc(NC=O)cc2F)CC1. The first kappa shape index (κ1) is 22.0. The second-order valence-corrected chi connectivity index (χ2v) is 7.63.